The van der Waals surface area contributed by atoms with E-state index in [1.165, 1.54) is 88.8 Å². The van der Waals surface area contributed by atoms with Crippen molar-refractivity contribution in [2.75, 3.05) is 4.90 Å². The molecular formula is C57H42N2. The molecule has 11 rings (SSSR count). The summed E-state index contributed by atoms with van der Waals surface area (Å²) in [5, 5.41) is 2.51. The van der Waals surface area contributed by atoms with Crippen LogP contribution in [0, 0.1) is 0 Å². The number of para-hydroxylation sites is 3. The zero-order chi connectivity index (χ0) is 39.5. The first-order valence-corrected chi connectivity index (χ1v) is 20.5. The molecule has 1 aliphatic rings. The van der Waals surface area contributed by atoms with Gasteiger partial charge in [0.15, 0.2) is 0 Å². The molecule has 0 radical (unpaired) electrons. The summed E-state index contributed by atoms with van der Waals surface area (Å²) in [6.45, 7) is 4.81. The molecule has 0 unspecified atom stereocenters. The van der Waals surface area contributed by atoms with Crippen molar-refractivity contribution in [3.05, 3.63) is 230 Å². The third-order valence-corrected chi connectivity index (χ3v) is 12.4. The molecule has 0 fully saturated rings. The van der Waals surface area contributed by atoms with E-state index in [4.69, 9.17) is 0 Å². The minimum absolute atomic E-state index is 0.283. The van der Waals surface area contributed by atoms with E-state index >= 15 is 0 Å². The van der Waals surface area contributed by atoms with Gasteiger partial charge in [0.1, 0.15) is 0 Å². The molecule has 1 aliphatic carbocycles. The summed E-state index contributed by atoms with van der Waals surface area (Å²) in [5.41, 5.74) is 19.3. The summed E-state index contributed by atoms with van der Waals surface area (Å²) in [6.07, 6.45) is 0. The molecule has 10 aromatic rings. The van der Waals surface area contributed by atoms with Crippen LogP contribution >= 0.6 is 0 Å². The van der Waals surface area contributed by atoms with Gasteiger partial charge < -0.3 is 9.47 Å². The molecule has 1 aromatic heterocycles. The van der Waals surface area contributed by atoms with Crippen molar-refractivity contribution in [3.8, 4) is 50.2 Å². The van der Waals surface area contributed by atoms with Crippen molar-refractivity contribution >= 4 is 38.9 Å². The van der Waals surface area contributed by atoms with Crippen LogP contribution in [0.5, 0.6) is 0 Å². The molecule has 0 saturated heterocycles. The van der Waals surface area contributed by atoms with Gasteiger partial charge in [-0.25, -0.2) is 0 Å². The Morgan fingerprint density at radius 2 is 0.966 bits per heavy atom. The lowest BCUT2D eigenvalue weighted by molar-refractivity contribution is 0.661. The Morgan fingerprint density at radius 3 is 1.73 bits per heavy atom. The number of fused-ring (bicyclic) bond motifs is 6. The van der Waals surface area contributed by atoms with E-state index in [2.05, 4.69) is 242 Å². The van der Waals surface area contributed by atoms with Crippen LogP contribution in [0.4, 0.5) is 17.1 Å². The first-order chi connectivity index (χ1) is 29.1. The molecule has 0 bridgehead atoms. The van der Waals surface area contributed by atoms with Crippen molar-refractivity contribution in [2.24, 2.45) is 0 Å². The van der Waals surface area contributed by atoms with Gasteiger partial charge in [0.2, 0.25) is 0 Å². The molecular weight excluding hydrogens is 713 g/mol. The summed E-state index contributed by atoms with van der Waals surface area (Å²) in [7, 11) is 0. The predicted molar refractivity (Wildman–Crippen MR) is 249 cm³/mol. The first kappa shape index (κ1) is 34.8. The highest BCUT2D eigenvalue weighted by Gasteiger charge is 2.40. The molecule has 0 amide bonds. The van der Waals surface area contributed by atoms with Crippen LogP contribution in [0.15, 0.2) is 218 Å². The van der Waals surface area contributed by atoms with Crippen LogP contribution < -0.4 is 4.90 Å². The van der Waals surface area contributed by atoms with Gasteiger partial charge in [-0.15, -0.1) is 0 Å². The SMILES string of the molecule is CC1(C)c2ccccc2-c2c(-c3ccc4c(c3)c3ccccc3n4-c3ccccc3)ccc(N(c3ccc(-c4ccccc4)cc3)c3ccccc3-c3ccccc3)c21. The minimum atomic E-state index is -0.283. The van der Waals surface area contributed by atoms with Gasteiger partial charge in [-0.1, -0.05) is 178 Å². The highest BCUT2D eigenvalue weighted by atomic mass is 15.1. The van der Waals surface area contributed by atoms with Gasteiger partial charge in [-0.2, -0.15) is 0 Å². The van der Waals surface area contributed by atoms with Crippen LogP contribution in [-0.4, -0.2) is 4.57 Å². The number of hydrogen-bond acceptors (Lipinski definition) is 1. The van der Waals surface area contributed by atoms with E-state index in [-0.39, 0.29) is 5.41 Å². The number of nitrogens with zero attached hydrogens (tertiary/aromatic N) is 2. The maximum Gasteiger partial charge on any atom is 0.0541 e. The third kappa shape index (κ3) is 5.63. The fourth-order valence-electron chi connectivity index (χ4n) is 9.68. The molecule has 2 nitrogen and oxygen atoms in total. The third-order valence-electron chi connectivity index (χ3n) is 12.4. The normalized spacial score (nSPS) is 12.7. The molecule has 9 aromatic carbocycles. The second-order valence-electron chi connectivity index (χ2n) is 16.1. The Bertz CT molecular complexity index is 3160. The molecule has 0 aliphatic heterocycles. The van der Waals surface area contributed by atoms with Crippen molar-refractivity contribution in [1.82, 2.24) is 4.57 Å². The smallest absolute Gasteiger partial charge is 0.0541 e. The van der Waals surface area contributed by atoms with Gasteiger partial charge in [0.25, 0.3) is 0 Å². The minimum Gasteiger partial charge on any atom is -0.310 e. The van der Waals surface area contributed by atoms with Gasteiger partial charge >= 0.3 is 0 Å². The van der Waals surface area contributed by atoms with Crippen molar-refractivity contribution in [1.29, 1.82) is 0 Å². The summed E-state index contributed by atoms with van der Waals surface area (Å²) in [5.74, 6) is 0. The van der Waals surface area contributed by atoms with Crippen LogP contribution in [0.25, 0.3) is 72.0 Å². The number of aromatic nitrogens is 1. The molecule has 280 valence electrons. The highest BCUT2D eigenvalue weighted by Crippen LogP contribution is 2.58. The quantitative estimate of drug-likeness (QED) is 0.157. The summed E-state index contributed by atoms with van der Waals surface area (Å²) in [6, 6.07) is 79.8. The van der Waals surface area contributed by atoms with Crippen LogP contribution in [0.2, 0.25) is 0 Å². The molecule has 1 heterocycles. The van der Waals surface area contributed by atoms with Gasteiger partial charge in [-0.05, 0) is 105 Å². The van der Waals surface area contributed by atoms with Crippen LogP contribution in [0.1, 0.15) is 25.0 Å². The van der Waals surface area contributed by atoms with Crippen LogP contribution in [-0.2, 0) is 5.41 Å². The standard InChI is InChI=1S/C57H42N2/c1-57(2)50-27-15-12-26-48(50)55-46(42-32-36-53-49(38-42)47-25-14-17-29-52(47)58(53)43-22-10-5-11-23-43)35-37-54(56(55)57)59(44-33-30-40(31-34-44)39-18-6-3-7-19-39)51-28-16-13-24-45(51)41-20-8-4-9-21-41/h3-38H,1-2H3. The second kappa shape index (κ2) is 13.9. The molecule has 59 heavy (non-hydrogen) atoms. The fourth-order valence-corrected chi connectivity index (χ4v) is 9.68. The molecule has 2 heteroatoms. The average Bonchev–Trinajstić information content (AvgIpc) is 3.76. The topological polar surface area (TPSA) is 8.17 Å². The summed E-state index contributed by atoms with van der Waals surface area (Å²) in [4.78, 5) is 2.50. The Morgan fingerprint density at radius 1 is 0.390 bits per heavy atom. The van der Waals surface area contributed by atoms with Gasteiger partial charge in [-0.3, -0.25) is 0 Å². The van der Waals surface area contributed by atoms with Crippen molar-refractivity contribution in [2.45, 2.75) is 19.3 Å². The highest BCUT2D eigenvalue weighted by molar-refractivity contribution is 6.11. The lowest BCUT2D eigenvalue weighted by Crippen LogP contribution is -2.21. The van der Waals surface area contributed by atoms with E-state index in [9.17, 15) is 0 Å². The van der Waals surface area contributed by atoms with Crippen molar-refractivity contribution in [3.63, 3.8) is 0 Å². The lowest BCUT2D eigenvalue weighted by Gasteiger charge is -2.34. The Kier molecular flexibility index (Phi) is 8.20. The van der Waals surface area contributed by atoms with E-state index in [1.807, 2.05) is 0 Å². The summed E-state index contributed by atoms with van der Waals surface area (Å²) >= 11 is 0. The fraction of sp³-hybridized carbons (Fsp3) is 0.0526. The zero-order valence-electron chi connectivity index (χ0n) is 33.2. The number of anilines is 3. The van der Waals surface area contributed by atoms with Gasteiger partial charge in [0.05, 0.1) is 22.4 Å². The predicted octanol–water partition coefficient (Wildman–Crippen LogP) is 15.6. The molecule has 0 saturated carbocycles. The Labute approximate surface area is 345 Å². The van der Waals surface area contributed by atoms with Crippen LogP contribution in [0.3, 0.4) is 0 Å². The summed E-state index contributed by atoms with van der Waals surface area (Å²) < 4.78 is 2.39. The Balaban J connectivity index is 1.17. The average molecular weight is 755 g/mol. The van der Waals surface area contributed by atoms with E-state index in [0.29, 0.717) is 0 Å². The first-order valence-electron chi connectivity index (χ1n) is 20.5. The lowest BCUT2D eigenvalue weighted by atomic mass is 9.80. The van der Waals surface area contributed by atoms with E-state index < -0.39 is 0 Å². The van der Waals surface area contributed by atoms with E-state index in [1.54, 1.807) is 0 Å². The maximum atomic E-state index is 2.50. The molecule has 0 spiro atoms. The number of rotatable bonds is 7. The maximum absolute atomic E-state index is 2.50. The number of hydrogen-bond donors (Lipinski definition) is 0. The molecule has 0 atom stereocenters. The monoisotopic (exact) mass is 754 g/mol. The van der Waals surface area contributed by atoms with E-state index in [0.717, 1.165) is 11.4 Å². The second-order valence-corrected chi connectivity index (χ2v) is 16.1. The molecule has 0 N–H and O–H groups in total. The number of benzene rings is 9. The largest absolute Gasteiger partial charge is 0.310 e. The van der Waals surface area contributed by atoms with Gasteiger partial charge in [0, 0.05) is 33.1 Å². The van der Waals surface area contributed by atoms with Crippen molar-refractivity contribution < 1.29 is 0 Å². The zero-order valence-corrected chi connectivity index (χ0v) is 33.2. The Hall–Kier alpha value is -7.42.